The average Bonchev–Trinajstić information content (AvgIpc) is 2.87. The number of hydrogen-bond donors (Lipinski definition) is 1. The Morgan fingerprint density at radius 2 is 2.21 bits per heavy atom. The van der Waals surface area contributed by atoms with Crippen LogP contribution in [0.5, 0.6) is 5.75 Å². The van der Waals surface area contributed by atoms with E-state index >= 15 is 0 Å². The number of hydrogen-bond acceptors (Lipinski definition) is 3. The molecule has 1 aromatic heterocycles. The molecule has 3 rings (SSSR count). The molecule has 1 heterocycles. The van der Waals surface area contributed by atoms with Crippen LogP contribution in [0, 0.1) is 5.92 Å². The topological polar surface area (TPSA) is 59.4 Å². The molecule has 2 unspecified atom stereocenters. The van der Waals surface area contributed by atoms with Crippen LogP contribution in [0.15, 0.2) is 36.5 Å². The third kappa shape index (κ3) is 2.38. The fourth-order valence-corrected chi connectivity index (χ4v) is 2.65. The van der Waals surface area contributed by atoms with Gasteiger partial charge in [0.2, 0.25) is 0 Å². The Morgan fingerprint density at radius 3 is 3.05 bits per heavy atom. The number of fused-ring (bicyclic) bond motifs is 1. The maximum absolute atomic E-state index is 11.1. The van der Waals surface area contributed by atoms with E-state index in [4.69, 9.17) is 9.84 Å². The Morgan fingerprint density at radius 1 is 1.32 bits per heavy atom. The Kier molecular flexibility index (Phi) is 3.07. The molecular weight excluding hydrogens is 242 g/mol. The fourth-order valence-electron chi connectivity index (χ4n) is 2.65. The van der Waals surface area contributed by atoms with E-state index in [0.717, 1.165) is 29.5 Å². The predicted octanol–water partition coefficient (Wildman–Crippen LogP) is 2.87. The molecule has 0 amide bonds. The van der Waals surface area contributed by atoms with Gasteiger partial charge in [-0.3, -0.25) is 9.78 Å². The minimum Gasteiger partial charge on any atom is -0.490 e. The smallest absolute Gasteiger partial charge is 0.310 e. The lowest BCUT2D eigenvalue weighted by atomic mass is 10.1. The van der Waals surface area contributed by atoms with Gasteiger partial charge >= 0.3 is 5.97 Å². The van der Waals surface area contributed by atoms with Crippen molar-refractivity contribution in [3.8, 4) is 5.75 Å². The molecule has 1 aromatic carbocycles. The van der Waals surface area contributed by atoms with E-state index in [1.54, 1.807) is 6.20 Å². The zero-order chi connectivity index (χ0) is 13.2. The molecule has 1 aliphatic rings. The molecule has 1 N–H and O–H groups in total. The van der Waals surface area contributed by atoms with Crippen molar-refractivity contribution in [3.63, 3.8) is 0 Å². The molecule has 4 nitrogen and oxygen atoms in total. The second kappa shape index (κ2) is 4.88. The number of carbonyl (C=O) groups is 1. The van der Waals surface area contributed by atoms with Gasteiger partial charge in [0.25, 0.3) is 0 Å². The SMILES string of the molecule is O=C(O)C1CCCC1Oc1ccc2ncccc2c1. The maximum Gasteiger partial charge on any atom is 0.310 e. The number of carboxylic acid groups (broad SMARTS) is 1. The number of carboxylic acids is 1. The van der Waals surface area contributed by atoms with E-state index in [2.05, 4.69) is 4.98 Å². The van der Waals surface area contributed by atoms with E-state index in [1.165, 1.54) is 0 Å². The summed E-state index contributed by atoms with van der Waals surface area (Å²) in [6, 6.07) is 9.52. The number of nitrogens with zero attached hydrogens (tertiary/aromatic N) is 1. The molecule has 19 heavy (non-hydrogen) atoms. The Balaban J connectivity index is 1.83. The number of ether oxygens (including phenoxy) is 1. The van der Waals surface area contributed by atoms with Crippen molar-refractivity contribution in [2.24, 2.45) is 5.92 Å². The van der Waals surface area contributed by atoms with Crippen LogP contribution in [0.1, 0.15) is 19.3 Å². The Labute approximate surface area is 111 Å². The molecule has 0 saturated heterocycles. The summed E-state index contributed by atoms with van der Waals surface area (Å²) in [6.45, 7) is 0. The third-order valence-corrected chi connectivity index (χ3v) is 3.63. The summed E-state index contributed by atoms with van der Waals surface area (Å²) in [5.74, 6) is -0.423. The summed E-state index contributed by atoms with van der Waals surface area (Å²) in [5, 5.41) is 10.1. The van der Waals surface area contributed by atoms with Crippen molar-refractivity contribution in [2.45, 2.75) is 25.4 Å². The summed E-state index contributed by atoms with van der Waals surface area (Å²) < 4.78 is 5.85. The summed E-state index contributed by atoms with van der Waals surface area (Å²) >= 11 is 0. The molecule has 0 spiro atoms. The van der Waals surface area contributed by atoms with Crippen molar-refractivity contribution in [1.29, 1.82) is 0 Å². The largest absolute Gasteiger partial charge is 0.490 e. The lowest BCUT2D eigenvalue weighted by molar-refractivity contribution is -0.143. The molecule has 2 aromatic rings. The standard InChI is InChI=1S/C15H15NO3/c17-15(18)12-4-1-5-14(12)19-11-6-7-13-10(9-11)3-2-8-16-13/h2-3,6-9,12,14H,1,4-5H2,(H,17,18). The van der Waals surface area contributed by atoms with Crippen LogP contribution in [0.2, 0.25) is 0 Å². The summed E-state index contributed by atoms with van der Waals surface area (Å²) in [5.41, 5.74) is 0.913. The van der Waals surface area contributed by atoms with Gasteiger partial charge in [-0.2, -0.15) is 0 Å². The van der Waals surface area contributed by atoms with Gasteiger partial charge in [-0.25, -0.2) is 0 Å². The van der Waals surface area contributed by atoms with Crippen LogP contribution in [0.4, 0.5) is 0 Å². The second-order valence-electron chi connectivity index (χ2n) is 4.89. The van der Waals surface area contributed by atoms with Gasteiger partial charge < -0.3 is 9.84 Å². The van der Waals surface area contributed by atoms with E-state index in [9.17, 15) is 4.79 Å². The highest BCUT2D eigenvalue weighted by atomic mass is 16.5. The van der Waals surface area contributed by atoms with Gasteiger partial charge in [-0.15, -0.1) is 0 Å². The van der Waals surface area contributed by atoms with Crippen LogP contribution < -0.4 is 4.74 Å². The van der Waals surface area contributed by atoms with Crippen molar-refractivity contribution < 1.29 is 14.6 Å². The highest BCUT2D eigenvalue weighted by Gasteiger charge is 2.34. The average molecular weight is 257 g/mol. The van der Waals surface area contributed by atoms with E-state index < -0.39 is 5.97 Å². The van der Waals surface area contributed by atoms with Crippen molar-refractivity contribution in [2.75, 3.05) is 0 Å². The first kappa shape index (κ1) is 12.0. The van der Waals surface area contributed by atoms with Gasteiger partial charge in [0, 0.05) is 11.6 Å². The zero-order valence-corrected chi connectivity index (χ0v) is 10.5. The number of pyridine rings is 1. The lowest BCUT2D eigenvalue weighted by Crippen LogP contribution is -2.27. The van der Waals surface area contributed by atoms with Crippen LogP contribution >= 0.6 is 0 Å². The summed E-state index contributed by atoms with van der Waals surface area (Å²) in [7, 11) is 0. The molecule has 1 aliphatic carbocycles. The molecule has 98 valence electrons. The highest BCUT2D eigenvalue weighted by molar-refractivity contribution is 5.79. The quantitative estimate of drug-likeness (QED) is 0.918. The van der Waals surface area contributed by atoms with Gasteiger partial charge in [0.1, 0.15) is 11.9 Å². The number of benzene rings is 1. The van der Waals surface area contributed by atoms with Gasteiger partial charge in [0.15, 0.2) is 0 Å². The Hall–Kier alpha value is -2.10. The molecule has 1 saturated carbocycles. The lowest BCUT2D eigenvalue weighted by Gasteiger charge is -2.18. The molecule has 0 bridgehead atoms. The fraction of sp³-hybridized carbons (Fsp3) is 0.333. The minimum atomic E-state index is -0.759. The van der Waals surface area contributed by atoms with Gasteiger partial charge in [-0.1, -0.05) is 6.07 Å². The molecule has 0 radical (unpaired) electrons. The molecule has 0 aliphatic heterocycles. The first-order valence-corrected chi connectivity index (χ1v) is 6.48. The third-order valence-electron chi connectivity index (χ3n) is 3.63. The van der Waals surface area contributed by atoms with E-state index in [0.29, 0.717) is 6.42 Å². The molecular formula is C15H15NO3. The zero-order valence-electron chi connectivity index (χ0n) is 10.5. The number of aromatic nitrogens is 1. The van der Waals surface area contributed by atoms with Gasteiger partial charge in [0.05, 0.1) is 11.4 Å². The molecule has 1 fully saturated rings. The van der Waals surface area contributed by atoms with Crippen LogP contribution in [-0.2, 0) is 4.79 Å². The van der Waals surface area contributed by atoms with Crippen LogP contribution in [0.25, 0.3) is 10.9 Å². The monoisotopic (exact) mass is 257 g/mol. The number of aliphatic carboxylic acids is 1. The van der Waals surface area contributed by atoms with Crippen LogP contribution in [0.3, 0.4) is 0 Å². The molecule has 2 atom stereocenters. The predicted molar refractivity (Wildman–Crippen MR) is 71.1 cm³/mol. The summed E-state index contributed by atoms with van der Waals surface area (Å²) in [4.78, 5) is 15.4. The number of rotatable bonds is 3. The first-order valence-electron chi connectivity index (χ1n) is 6.48. The van der Waals surface area contributed by atoms with Crippen molar-refractivity contribution >= 4 is 16.9 Å². The van der Waals surface area contributed by atoms with Crippen molar-refractivity contribution in [1.82, 2.24) is 4.98 Å². The maximum atomic E-state index is 11.1. The normalized spacial score (nSPS) is 22.5. The highest BCUT2D eigenvalue weighted by Crippen LogP contribution is 2.30. The van der Waals surface area contributed by atoms with Crippen LogP contribution in [-0.4, -0.2) is 22.2 Å². The van der Waals surface area contributed by atoms with Gasteiger partial charge in [-0.05, 0) is 43.5 Å². The Bertz CT molecular complexity index is 611. The molecule has 4 heteroatoms. The second-order valence-corrected chi connectivity index (χ2v) is 4.89. The summed E-state index contributed by atoms with van der Waals surface area (Å²) in [6.07, 6.45) is 3.96. The van der Waals surface area contributed by atoms with E-state index in [-0.39, 0.29) is 12.0 Å². The first-order chi connectivity index (χ1) is 9.24. The van der Waals surface area contributed by atoms with Crippen molar-refractivity contribution in [3.05, 3.63) is 36.5 Å². The van der Waals surface area contributed by atoms with E-state index in [1.807, 2.05) is 30.3 Å². The minimum absolute atomic E-state index is 0.216.